The number of nitrogens with zero attached hydrogens (tertiary/aromatic N) is 5. The molecule has 9 heteroatoms. The van der Waals surface area contributed by atoms with Gasteiger partial charge in [-0.15, -0.1) is 0 Å². The molecule has 0 amide bonds. The smallest absolute Gasteiger partial charge is 0.233 e. The number of rotatable bonds is 6. The summed E-state index contributed by atoms with van der Waals surface area (Å²) in [5, 5.41) is 7.93. The third-order valence-corrected chi connectivity index (χ3v) is 6.98. The Labute approximate surface area is 221 Å². The molecule has 1 fully saturated rings. The van der Waals surface area contributed by atoms with Crippen LogP contribution in [0.15, 0.2) is 66.7 Å². The molecular formula is C27H27Cl2N7. The lowest BCUT2D eigenvalue weighted by Gasteiger charge is -2.36. The predicted octanol–water partition coefficient (Wildman–Crippen LogP) is 6.61. The van der Waals surface area contributed by atoms with Crippen molar-refractivity contribution in [1.82, 2.24) is 15.0 Å². The van der Waals surface area contributed by atoms with Crippen LogP contribution in [0.4, 0.5) is 34.9 Å². The lowest BCUT2D eigenvalue weighted by atomic mass is 10.2. The molecule has 1 aliphatic heterocycles. The number of benzene rings is 3. The summed E-state index contributed by atoms with van der Waals surface area (Å²) in [7, 11) is 0. The van der Waals surface area contributed by atoms with E-state index in [1.54, 1.807) is 0 Å². The summed E-state index contributed by atoms with van der Waals surface area (Å²) in [6.07, 6.45) is 0. The zero-order chi connectivity index (χ0) is 25.1. The molecule has 0 spiro atoms. The van der Waals surface area contributed by atoms with Gasteiger partial charge in [0, 0.05) is 53.3 Å². The van der Waals surface area contributed by atoms with Crippen LogP contribution in [0.3, 0.4) is 0 Å². The average Bonchev–Trinajstić information content (AvgIpc) is 2.89. The second kappa shape index (κ2) is 10.6. The summed E-state index contributed by atoms with van der Waals surface area (Å²) >= 11 is 12.7. The van der Waals surface area contributed by atoms with Crippen molar-refractivity contribution < 1.29 is 0 Å². The highest BCUT2D eigenvalue weighted by Gasteiger charge is 2.21. The Morgan fingerprint density at radius 2 is 1.14 bits per heavy atom. The van der Waals surface area contributed by atoms with Crippen molar-refractivity contribution in [3.05, 3.63) is 87.9 Å². The summed E-state index contributed by atoms with van der Waals surface area (Å²) < 4.78 is 0. The van der Waals surface area contributed by atoms with Crippen LogP contribution in [0.5, 0.6) is 0 Å². The van der Waals surface area contributed by atoms with Crippen molar-refractivity contribution in [3.8, 4) is 0 Å². The number of hydrogen-bond acceptors (Lipinski definition) is 7. The monoisotopic (exact) mass is 519 g/mol. The van der Waals surface area contributed by atoms with Crippen molar-refractivity contribution in [2.45, 2.75) is 13.8 Å². The standard InChI is InChI=1S/C27H27Cl2N7/c1-18-8-10-20(16-23(18)28)30-25-32-26(31-21-11-9-19(2)24(29)17-21)34-27(33-25)36-14-12-35(13-15-36)22-6-4-3-5-7-22/h3-11,16-17H,12-15H2,1-2H3,(H2,30,31,32,33,34). The van der Waals surface area contributed by atoms with Crippen LogP contribution in [0.25, 0.3) is 0 Å². The SMILES string of the molecule is Cc1ccc(Nc2nc(Nc3ccc(C)c(Cl)c3)nc(N3CCN(c4ccccc4)CC3)n2)cc1Cl. The van der Waals surface area contributed by atoms with Crippen molar-refractivity contribution in [3.63, 3.8) is 0 Å². The van der Waals surface area contributed by atoms with Gasteiger partial charge in [-0.2, -0.15) is 15.0 Å². The van der Waals surface area contributed by atoms with E-state index in [0.717, 1.165) is 48.7 Å². The van der Waals surface area contributed by atoms with E-state index in [0.29, 0.717) is 27.9 Å². The van der Waals surface area contributed by atoms with Crippen LogP contribution in [-0.4, -0.2) is 41.1 Å². The predicted molar refractivity (Wildman–Crippen MR) is 150 cm³/mol. The third kappa shape index (κ3) is 5.64. The molecule has 1 aliphatic rings. The van der Waals surface area contributed by atoms with Crippen molar-refractivity contribution in [2.24, 2.45) is 0 Å². The van der Waals surface area contributed by atoms with E-state index >= 15 is 0 Å². The number of halogens is 2. The van der Waals surface area contributed by atoms with Gasteiger partial charge in [0.2, 0.25) is 17.8 Å². The fraction of sp³-hybridized carbons (Fsp3) is 0.222. The molecule has 1 saturated heterocycles. The van der Waals surface area contributed by atoms with Crippen LogP contribution in [0, 0.1) is 13.8 Å². The maximum atomic E-state index is 6.33. The van der Waals surface area contributed by atoms with E-state index < -0.39 is 0 Å². The van der Waals surface area contributed by atoms with E-state index in [1.807, 2.05) is 56.3 Å². The maximum Gasteiger partial charge on any atom is 0.233 e. The van der Waals surface area contributed by atoms with Gasteiger partial charge in [-0.3, -0.25) is 0 Å². The zero-order valence-electron chi connectivity index (χ0n) is 20.2. The molecule has 0 saturated carbocycles. The van der Waals surface area contributed by atoms with E-state index in [-0.39, 0.29) is 0 Å². The molecule has 1 aromatic heterocycles. The van der Waals surface area contributed by atoms with Crippen LogP contribution in [-0.2, 0) is 0 Å². The fourth-order valence-electron chi connectivity index (χ4n) is 4.02. The molecule has 3 aromatic carbocycles. The summed E-state index contributed by atoms with van der Waals surface area (Å²) in [6.45, 7) is 7.29. The van der Waals surface area contributed by atoms with E-state index in [2.05, 4.69) is 49.7 Å². The summed E-state index contributed by atoms with van der Waals surface area (Å²) in [4.78, 5) is 18.7. The minimum absolute atomic E-state index is 0.436. The van der Waals surface area contributed by atoms with Crippen LogP contribution < -0.4 is 20.4 Å². The summed E-state index contributed by atoms with van der Waals surface area (Å²) in [5.41, 5.74) is 4.86. The summed E-state index contributed by atoms with van der Waals surface area (Å²) in [5.74, 6) is 1.48. The zero-order valence-corrected chi connectivity index (χ0v) is 21.7. The Hall–Kier alpha value is -3.55. The minimum Gasteiger partial charge on any atom is -0.368 e. The lowest BCUT2D eigenvalue weighted by Crippen LogP contribution is -2.47. The Kier molecular flexibility index (Phi) is 7.11. The molecule has 36 heavy (non-hydrogen) atoms. The van der Waals surface area contributed by atoms with Crippen LogP contribution in [0.2, 0.25) is 10.0 Å². The largest absolute Gasteiger partial charge is 0.368 e. The molecule has 5 rings (SSSR count). The first kappa shape index (κ1) is 24.2. The average molecular weight is 520 g/mol. The molecule has 2 heterocycles. The van der Waals surface area contributed by atoms with E-state index in [9.17, 15) is 0 Å². The number of aromatic nitrogens is 3. The quantitative estimate of drug-likeness (QED) is 0.297. The Morgan fingerprint density at radius 1 is 0.639 bits per heavy atom. The molecule has 184 valence electrons. The molecule has 4 aromatic rings. The number of aryl methyl sites for hydroxylation is 2. The van der Waals surface area contributed by atoms with Gasteiger partial charge in [0.05, 0.1) is 0 Å². The molecule has 0 aliphatic carbocycles. The van der Waals surface area contributed by atoms with Gasteiger partial charge in [-0.1, -0.05) is 53.5 Å². The Morgan fingerprint density at radius 3 is 1.64 bits per heavy atom. The van der Waals surface area contributed by atoms with Gasteiger partial charge in [0.1, 0.15) is 0 Å². The van der Waals surface area contributed by atoms with Crippen molar-refractivity contribution >= 4 is 58.1 Å². The number of nitrogens with one attached hydrogen (secondary N) is 2. The van der Waals surface area contributed by atoms with Crippen LogP contribution >= 0.6 is 23.2 Å². The van der Waals surface area contributed by atoms with Gasteiger partial charge in [-0.25, -0.2) is 0 Å². The highest BCUT2D eigenvalue weighted by Crippen LogP contribution is 2.26. The van der Waals surface area contributed by atoms with Gasteiger partial charge in [0.25, 0.3) is 0 Å². The van der Waals surface area contributed by atoms with Gasteiger partial charge in [0.15, 0.2) is 0 Å². The van der Waals surface area contributed by atoms with E-state index in [1.165, 1.54) is 5.69 Å². The van der Waals surface area contributed by atoms with Crippen molar-refractivity contribution in [1.29, 1.82) is 0 Å². The normalized spacial score (nSPS) is 13.6. The molecule has 0 unspecified atom stereocenters. The van der Waals surface area contributed by atoms with Gasteiger partial charge < -0.3 is 20.4 Å². The number of anilines is 6. The number of para-hydroxylation sites is 1. The van der Waals surface area contributed by atoms with Gasteiger partial charge in [-0.05, 0) is 61.4 Å². The van der Waals surface area contributed by atoms with Gasteiger partial charge >= 0.3 is 0 Å². The first-order valence-corrected chi connectivity index (χ1v) is 12.6. The molecule has 2 N–H and O–H groups in total. The number of hydrogen-bond donors (Lipinski definition) is 2. The summed E-state index contributed by atoms with van der Waals surface area (Å²) in [6, 6.07) is 22.0. The molecule has 0 bridgehead atoms. The number of piperazine rings is 1. The Bertz CT molecular complexity index is 1280. The third-order valence-electron chi connectivity index (χ3n) is 6.16. The van der Waals surface area contributed by atoms with E-state index in [4.69, 9.17) is 33.2 Å². The second-order valence-corrected chi connectivity index (χ2v) is 9.58. The molecular weight excluding hydrogens is 493 g/mol. The Balaban J connectivity index is 1.41. The highest BCUT2D eigenvalue weighted by molar-refractivity contribution is 6.32. The highest BCUT2D eigenvalue weighted by atomic mass is 35.5. The maximum absolute atomic E-state index is 6.33. The lowest BCUT2D eigenvalue weighted by molar-refractivity contribution is 0.639. The van der Waals surface area contributed by atoms with Crippen molar-refractivity contribution in [2.75, 3.05) is 46.6 Å². The minimum atomic E-state index is 0.436. The first-order chi connectivity index (χ1) is 17.4. The fourth-order valence-corrected chi connectivity index (χ4v) is 4.38. The molecule has 0 atom stereocenters. The van der Waals surface area contributed by atoms with Crippen LogP contribution in [0.1, 0.15) is 11.1 Å². The molecule has 0 radical (unpaired) electrons. The molecule has 7 nitrogen and oxygen atoms in total. The topological polar surface area (TPSA) is 69.2 Å². The second-order valence-electron chi connectivity index (χ2n) is 8.77. The first-order valence-electron chi connectivity index (χ1n) is 11.8.